The van der Waals surface area contributed by atoms with Crippen molar-refractivity contribution in [3.8, 4) is 0 Å². The molecule has 2 saturated heterocycles. The van der Waals surface area contributed by atoms with Crippen molar-refractivity contribution in [3.63, 3.8) is 0 Å². The quantitative estimate of drug-likeness (QED) is 0.545. The number of carbonyl (C=O) groups excluding carboxylic acids is 1. The first kappa shape index (κ1) is 22.1. The molecule has 1 atom stereocenters. The van der Waals surface area contributed by atoms with Gasteiger partial charge in [0.1, 0.15) is 5.60 Å². The predicted molar refractivity (Wildman–Crippen MR) is 112 cm³/mol. The number of aliphatic imine (C=N–C) groups is 1. The Morgan fingerprint density at radius 3 is 2.67 bits per heavy atom. The van der Waals surface area contributed by atoms with E-state index in [-0.39, 0.29) is 16.9 Å². The summed E-state index contributed by atoms with van der Waals surface area (Å²) >= 11 is 1.90. The Labute approximate surface area is 168 Å². The van der Waals surface area contributed by atoms with Gasteiger partial charge < -0.3 is 25.0 Å². The van der Waals surface area contributed by atoms with Gasteiger partial charge in [0.15, 0.2) is 5.96 Å². The van der Waals surface area contributed by atoms with Crippen LogP contribution in [-0.2, 0) is 9.47 Å². The molecule has 2 N–H and O–H groups in total. The van der Waals surface area contributed by atoms with E-state index in [9.17, 15) is 4.79 Å². The summed E-state index contributed by atoms with van der Waals surface area (Å²) in [6, 6.07) is 0.0845. The van der Waals surface area contributed by atoms with Gasteiger partial charge in [-0.15, -0.1) is 0 Å². The smallest absolute Gasteiger partial charge is 0.407 e. The number of ether oxygens (including phenoxy) is 2. The average molecular weight is 401 g/mol. The van der Waals surface area contributed by atoms with Gasteiger partial charge >= 0.3 is 6.09 Å². The Kier molecular flexibility index (Phi) is 8.09. The van der Waals surface area contributed by atoms with Gasteiger partial charge in [-0.3, -0.25) is 4.99 Å². The number of alkyl carbamates (subject to hydrolysis) is 1. The molecule has 0 aromatic rings. The van der Waals surface area contributed by atoms with Crippen LogP contribution in [0.2, 0.25) is 0 Å². The summed E-state index contributed by atoms with van der Waals surface area (Å²) < 4.78 is 11.1. The Morgan fingerprint density at radius 2 is 2.07 bits per heavy atom. The van der Waals surface area contributed by atoms with Gasteiger partial charge in [-0.25, -0.2) is 4.79 Å². The molecule has 7 nitrogen and oxygen atoms in total. The van der Waals surface area contributed by atoms with Crippen LogP contribution in [0.5, 0.6) is 0 Å². The van der Waals surface area contributed by atoms with Crippen LogP contribution in [0.1, 0.15) is 47.0 Å². The maximum atomic E-state index is 12.0. The largest absolute Gasteiger partial charge is 0.444 e. The molecule has 1 unspecified atom stereocenters. The highest BCUT2D eigenvalue weighted by Crippen LogP contribution is 2.34. The number of nitrogens with one attached hydrogen (secondary N) is 2. The van der Waals surface area contributed by atoms with Gasteiger partial charge in [-0.2, -0.15) is 11.8 Å². The second-order valence-electron chi connectivity index (χ2n) is 8.25. The van der Waals surface area contributed by atoms with Gasteiger partial charge in [-0.05, 0) is 53.2 Å². The monoisotopic (exact) mass is 400 g/mol. The van der Waals surface area contributed by atoms with Crippen molar-refractivity contribution in [2.45, 2.75) is 63.3 Å². The van der Waals surface area contributed by atoms with Crippen molar-refractivity contribution < 1.29 is 14.3 Å². The number of hydrogen-bond acceptors (Lipinski definition) is 5. The fraction of sp³-hybridized carbons (Fsp3) is 0.895. The minimum atomic E-state index is -0.478. The zero-order valence-corrected chi connectivity index (χ0v) is 18.3. The van der Waals surface area contributed by atoms with E-state index in [0.717, 1.165) is 64.6 Å². The Bertz CT molecular complexity index is 516. The van der Waals surface area contributed by atoms with Gasteiger partial charge in [0, 0.05) is 37.6 Å². The third kappa shape index (κ3) is 7.07. The second-order valence-corrected chi connectivity index (χ2v) is 9.52. The van der Waals surface area contributed by atoms with E-state index in [1.807, 2.05) is 32.5 Å². The zero-order chi connectivity index (χ0) is 19.9. The fourth-order valence-electron chi connectivity index (χ4n) is 3.36. The van der Waals surface area contributed by atoms with E-state index in [2.05, 4.69) is 28.7 Å². The van der Waals surface area contributed by atoms with Crippen molar-refractivity contribution >= 4 is 23.8 Å². The molecule has 0 spiro atoms. The number of likely N-dealkylation sites (tertiary alicyclic amines) is 1. The average Bonchev–Trinajstić information content (AvgIpc) is 3.06. The maximum absolute atomic E-state index is 12.0. The van der Waals surface area contributed by atoms with E-state index in [1.54, 1.807) is 0 Å². The molecule has 1 amide bonds. The van der Waals surface area contributed by atoms with E-state index < -0.39 is 5.60 Å². The summed E-state index contributed by atoms with van der Waals surface area (Å²) in [5.41, 5.74) is -0.478. The number of nitrogens with zero attached hydrogens (tertiary/aromatic N) is 2. The predicted octanol–water partition coefficient (Wildman–Crippen LogP) is 2.46. The van der Waals surface area contributed by atoms with Crippen LogP contribution in [-0.4, -0.2) is 79.0 Å². The molecule has 0 radical (unpaired) electrons. The first-order valence-electron chi connectivity index (χ1n) is 9.92. The van der Waals surface area contributed by atoms with Crippen LogP contribution >= 0.6 is 11.8 Å². The highest BCUT2D eigenvalue weighted by atomic mass is 32.2. The second kappa shape index (κ2) is 9.87. The van der Waals surface area contributed by atoms with Gasteiger partial charge in [-0.1, -0.05) is 0 Å². The minimum Gasteiger partial charge on any atom is -0.444 e. The molecule has 156 valence electrons. The topological polar surface area (TPSA) is 75.2 Å². The maximum Gasteiger partial charge on any atom is 0.407 e. The summed E-state index contributed by atoms with van der Waals surface area (Å²) in [6.07, 6.45) is 4.80. The molecule has 2 fully saturated rings. The summed E-state index contributed by atoms with van der Waals surface area (Å²) in [5.74, 6) is 0.936. The molecule has 8 heteroatoms. The van der Waals surface area contributed by atoms with Gasteiger partial charge in [0.05, 0.1) is 12.6 Å². The number of thioether (sulfide) groups is 1. The standard InChI is InChI=1S/C19H36N4O3S/c1-6-20-16(21-14-19(27-5)8-11-25-12-9-19)23-10-7-15(13-23)22-17(24)26-18(2,3)4/h15H,6-14H2,1-5H3,(H,20,21)(H,22,24). The lowest BCUT2D eigenvalue weighted by atomic mass is 9.99. The lowest BCUT2D eigenvalue weighted by molar-refractivity contribution is 0.0507. The zero-order valence-electron chi connectivity index (χ0n) is 17.5. The third-order valence-electron chi connectivity index (χ3n) is 4.90. The molecule has 0 aliphatic carbocycles. The molecular formula is C19H36N4O3S. The first-order valence-corrected chi connectivity index (χ1v) is 11.1. The third-order valence-corrected chi connectivity index (χ3v) is 6.30. The van der Waals surface area contributed by atoms with Gasteiger partial charge in [0.25, 0.3) is 0 Å². The molecule has 0 saturated carbocycles. The summed E-state index contributed by atoms with van der Waals surface area (Å²) in [6.45, 7) is 12.6. The molecular weight excluding hydrogens is 364 g/mol. The molecule has 2 rings (SSSR count). The molecule has 0 bridgehead atoms. The van der Waals surface area contributed by atoms with Gasteiger partial charge in [0.2, 0.25) is 0 Å². The lowest BCUT2D eigenvalue weighted by Gasteiger charge is -2.34. The molecule has 2 heterocycles. The number of hydrogen-bond donors (Lipinski definition) is 2. The number of guanidine groups is 1. The van der Waals surface area contributed by atoms with E-state index in [0.29, 0.717) is 0 Å². The summed E-state index contributed by atoms with van der Waals surface area (Å²) in [5, 5.41) is 6.39. The molecule has 2 aliphatic rings. The fourth-order valence-corrected chi connectivity index (χ4v) is 4.13. The number of rotatable bonds is 5. The molecule has 0 aromatic heterocycles. The summed E-state index contributed by atoms with van der Waals surface area (Å²) in [4.78, 5) is 19.2. The first-order chi connectivity index (χ1) is 12.8. The van der Waals surface area contributed by atoms with Crippen molar-refractivity contribution in [3.05, 3.63) is 0 Å². The molecule has 2 aliphatic heterocycles. The van der Waals surface area contributed by atoms with Crippen LogP contribution in [0.3, 0.4) is 0 Å². The highest BCUT2D eigenvalue weighted by Gasteiger charge is 2.33. The Balaban J connectivity index is 1.93. The Hall–Kier alpha value is -1.15. The lowest BCUT2D eigenvalue weighted by Crippen LogP contribution is -2.45. The number of carbonyl (C=O) groups is 1. The molecule has 27 heavy (non-hydrogen) atoms. The minimum absolute atomic E-state index is 0.0845. The van der Waals surface area contributed by atoms with Crippen molar-refractivity contribution in [1.29, 1.82) is 0 Å². The van der Waals surface area contributed by atoms with E-state index in [1.165, 1.54) is 0 Å². The normalized spacial score (nSPS) is 23.2. The number of amides is 1. The Morgan fingerprint density at radius 1 is 1.37 bits per heavy atom. The van der Waals surface area contributed by atoms with Crippen LogP contribution in [0.4, 0.5) is 4.79 Å². The van der Waals surface area contributed by atoms with E-state index >= 15 is 0 Å². The van der Waals surface area contributed by atoms with Crippen molar-refractivity contribution in [2.75, 3.05) is 45.6 Å². The van der Waals surface area contributed by atoms with Crippen LogP contribution in [0.25, 0.3) is 0 Å². The summed E-state index contributed by atoms with van der Waals surface area (Å²) in [7, 11) is 0. The van der Waals surface area contributed by atoms with Crippen LogP contribution in [0.15, 0.2) is 4.99 Å². The molecule has 0 aromatic carbocycles. The highest BCUT2D eigenvalue weighted by molar-refractivity contribution is 8.00. The van der Waals surface area contributed by atoms with Crippen LogP contribution < -0.4 is 10.6 Å². The SMILES string of the molecule is CCNC(=NCC1(SC)CCOCC1)N1CCC(NC(=O)OC(C)(C)C)C1. The van der Waals surface area contributed by atoms with Crippen LogP contribution in [0, 0.1) is 0 Å². The van der Waals surface area contributed by atoms with E-state index in [4.69, 9.17) is 14.5 Å². The van der Waals surface area contributed by atoms with Crippen molar-refractivity contribution in [2.24, 2.45) is 4.99 Å². The van der Waals surface area contributed by atoms with Crippen molar-refractivity contribution in [1.82, 2.24) is 15.5 Å².